The quantitative estimate of drug-likeness (QED) is 0.821. The van der Waals surface area contributed by atoms with Crippen molar-refractivity contribution < 1.29 is 9.59 Å². The van der Waals surface area contributed by atoms with Gasteiger partial charge in [0.1, 0.15) is 6.54 Å². The van der Waals surface area contributed by atoms with Crippen molar-refractivity contribution >= 4 is 28.2 Å². The molecule has 1 fully saturated rings. The van der Waals surface area contributed by atoms with Gasteiger partial charge < -0.3 is 10.2 Å². The van der Waals surface area contributed by atoms with Crippen molar-refractivity contribution in [1.82, 2.24) is 4.90 Å². The second-order valence-electron chi connectivity index (χ2n) is 5.27. The Kier molecular flexibility index (Phi) is 4.97. The average molecular weight is 305 g/mol. The van der Waals surface area contributed by atoms with E-state index in [1.54, 1.807) is 4.90 Å². The molecule has 1 saturated carbocycles. The number of aryl methyl sites for hydroxylation is 1. The van der Waals surface area contributed by atoms with Crippen molar-refractivity contribution in [1.29, 1.82) is 5.26 Å². The van der Waals surface area contributed by atoms with Crippen molar-refractivity contribution in [3.05, 3.63) is 16.5 Å². The van der Waals surface area contributed by atoms with Gasteiger partial charge in [-0.15, -0.1) is 11.3 Å². The summed E-state index contributed by atoms with van der Waals surface area (Å²) in [7, 11) is 0. The van der Waals surface area contributed by atoms with Crippen LogP contribution in [0.1, 0.15) is 41.4 Å². The molecular formula is C15H19N3O2S. The fraction of sp³-hybridized carbons (Fsp3) is 0.533. The Bertz CT molecular complexity index is 584. The summed E-state index contributed by atoms with van der Waals surface area (Å²) >= 11 is 1.29. The van der Waals surface area contributed by atoms with Gasteiger partial charge in [0.05, 0.1) is 15.9 Å². The van der Waals surface area contributed by atoms with Crippen LogP contribution in [0, 0.1) is 24.2 Å². The van der Waals surface area contributed by atoms with Gasteiger partial charge in [-0.1, -0.05) is 6.92 Å². The Labute approximate surface area is 128 Å². The van der Waals surface area contributed by atoms with Gasteiger partial charge in [0.25, 0.3) is 5.91 Å². The van der Waals surface area contributed by atoms with Crippen molar-refractivity contribution in [3.63, 3.8) is 0 Å². The molecule has 21 heavy (non-hydrogen) atoms. The Morgan fingerprint density at radius 2 is 2.24 bits per heavy atom. The zero-order chi connectivity index (χ0) is 15.4. The number of carbonyl (C=O) groups is 2. The summed E-state index contributed by atoms with van der Waals surface area (Å²) in [6, 6.07) is 3.85. The lowest BCUT2D eigenvalue weighted by atomic mass is 10.2. The lowest BCUT2D eigenvalue weighted by Crippen LogP contribution is -2.31. The molecule has 0 spiro atoms. The Hall–Kier alpha value is -1.87. The summed E-state index contributed by atoms with van der Waals surface area (Å²) in [6.07, 6.45) is 2.71. The number of hydrogen-bond acceptors (Lipinski definition) is 4. The molecule has 0 aliphatic heterocycles. The average Bonchev–Trinajstić information content (AvgIpc) is 3.23. The lowest BCUT2D eigenvalue weighted by molar-refractivity contribution is -0.117. The highest BCUT2D eigenvalue weighted by atomic mass is 32.1. The van der Waals surface area contributed by atoms with Crippen molar-refractivity contribution in [2.75, 3.05) is 18.4 Å². The Morgan fingerprint density at radius 3 is 2.81 bits per heavy atom. The molecule has 1 heterocycles. The van der Waals surface area contributed by atoms with Gasteiger partial charge in [-0.25, -0.2) is 0 Å². The largest absolute Gasteiger partial charge is 0.325 e. The van der Waals surface area contributed by atoms with E-state index in [9.17, 15) is 9.59 Å². The van der Waals surface area contributed by atoms with Gasteiger partial charge in [-0.2, -0.15) is 5.26 Å². The summed E-state index contributed by atoms with van der Waals surface area (Å²) in [5.74, 6) is 0.0484. The predicted molar refractivity (Wildman–Crippen MR) is 82.2 cm³/mol. The third kappa shape index (κ3) is 3.82. The summed E-state index contributed by atoms with van der Waals surface area (Å²) in [4.78, 5) is 26.4. The van der Waals surface area contributed by atoms with Crippen LogP contribution in [0.15, 0.2) is 6.07 Å². The molecule has 1 N–H and O–H groups in total. The van der Waals surface area contributed by atoms with E-state index < -0.39 is 0 Å². The van der Waals surface area contributed by atoms with Crippen LogP contribution in [-0.2, 0) is 4.79 Å². The number of hydrogen-bond donors (Lipinski definition) is 1. The minimum Gasteiger partial charge on any atom is -0.325 e. The molecule has 0 bridgehead atoms. The smallest absolute Gasteiger partial charge is 0.265 e. The van der Waals surface area contributed by atoms with E-state index in [-0.39, 0.29) is 24.3 Å². The highest BCUT2D eigenvalue weighted by Gasteiger charge is 2.30. The molecular weight excluding hydrogens is 286 g/mol. The number of carbonyl (C=O) groups excluding carboxylic acids is 2. The number of nitrogens with one attached hydrogen (secondary N) is 1. The third-order valence-electron chi connectivity index (χ3n) is 3.35. The van der Waals surface area contributed by atoms with Gasteiger partial charge in [0.2, 0.25) is 5.91 Å². The van der Waals surface area contributed by atoms with Gasteiger partial charge in [-0.3, -0.25) is 9.59 Å². The van der Waals surface area contributed by atoms with Crippen LogP contribution >= 0.6 is 11.3 Å². The molecule has 112 valence electrons. The van der Waals surface area contributed by atoms with Crippen LogP contribution < -0.4 is 5.32 Å². The molecule has 0 aromatic carbocycles. The molecule has 0 unspecified atom stereocenters. The fourth-order valence-corrected chi connectivity index (χ4v) is 3.12. The molecule has 1 aliphatic carbocycles. The zero-order valence-electron chi connectivity index (χ0n) is 12.3. The normalized spacial score (nSPS) is 13.6. The maximum absolute atomic E-state index is 12.5. The first kappa shape index (κ1) is 15.5. The molecule has 1 aromatic heterocycles. The third-order valence-corrected chi connectivity index (χ3v) is 4.49. The van der Waals surface area contributed by atoms with E-state index in [1.807, 2.05) is 26.0 Å². The Morgan fingerprint density at radius 1 is 1.52 bits per heavy atom. The Balaban J connectivity index is 2.11. The maximum Gasteiger partial charge on any atom is 0.265 e. The second-order valence-corrected chi connectivity index (χ2v) is 6.32. The topological polar surface area (TPSA) is 73.2 Å². The van der Waals surface area contributed by atoms with Gasteiger partial charge in [0, 0.05) is 12.5 Å². The minimum absolute atomic E-state index is 0.0395. The highest BCUT2D eigenvalue weighted by Crippen LogP contribution is 2.33. The van der Waals surface area contributed by atoms with Gasteiger partial charge in [-0.05, 0) is 37.8 Å². The standard InChI is InChI=1S/C15H19N3O2S/c1-3-7-18(8-6-16)15(20)13-10(2)9-12(21-13)17-14(19)11-4-5-11/h9,11H,3-5,7-8H2,1-2H3,(H,17,19). The molecule has 1 aliphatic rings. The molecule has 0 atom stereocenters. The van der Waals surface area contributed by atoms with E-state index in [2.05, 4.69) is 5.32 Å². The first-order chi connectivity index (χ1) is 10.1. The van der Waals surface area contributed by atoms with Crippen LogP contribution in [0.2, 0.25) is 0 Å². The SMILES string of the molecule is CCCN(CC#N)C(=O)c1sc(NC(=O)C2CC2)cc1C. The first-order valence-electron chi connectivity index (χ1n) is 7.14. The number of thiophene rings is 1. The number of rotatable bonds is 6. The number of nitriles is 1. The number of amides is 2. The molecule has 0 radical (unpaired) electrons. The maximum atomic E-state index is 12.5. The lowest BCUT2D eigenvalue weighted by Gasteiger charge is -2.18. The van der Waals surface area contributed by atoms with E-state index in [0.717, 1.165) is 24.8 Å². The van der Waals surface area contributed by atoms with Crippen LogP contribution in [0.5, 0.6) is 0 Å². The van der Waals surface area contributed by atoms with Crippen LogP contribution in [0.25, 0.3) is 0 Å². The number of nitrogens with zero attached hydrogens (tertiary/aromatic N) is 2. The van der Waals surface area contributed by atoms with Gasteiger partial charge in [0.15, 0.2) is 0 Å². The van der Waals surface area contributed by atoms with E-state index in [4.69, 9.17) is 5.26 Å². The summed E-state index contributed by atoms with van der Waals surface area (Å²) in [6.45, 7) is 4.48. The highest BCUT2D eigenvalue weighted by molar-refractivity contribution is 7.18. The van der Waals surface area contributed by atoms with Crippen LogP contribution in [-0.4, -0.2) is 29.8 Å². The summed E-state index contributed by atoms with van der Waals surface area (Å²) in [5.41, 5.74) is 0.843. The molecule has 6 heteroatoms. The fourth-order valence-electron chi connectivity index (χ4n) is 2.08. The van der Waals surface area contributed by atoms with E-state index in [1.165, 1.54) is 11.3 Å². The van der Waals surface area contributed by atoms with Crippen molar-refractivity contribution in [3.8, 4) is 6.07 Å². The van der Waals surface area contributed by atoms with E-state index in [0.29, 0.717) is 16.4 Å². The monoisotopic (exact) mass is 305 g/mol. The van der Waals surface area contributed by atoms with Crippen LogP contribution in [0.3, 0.4) is 0 Å². The van der Waals surface area contributed by atoms with Crippen LogP contribution in [0.4, 0.5) is 5.00 Å². The van der Waals surface area contributed by atoms with Crippen molar-refractivity contribution in [2.24, 2.45) is 5.92 Å². The summed E-state index contributed by atoms with van der Waals surface area (Å²) in [5, 5.41) is 12.4. The number of anilines is 1. The van der Waals surface area contributed by atoms with E-state index >= 15 is 0 Å². The first-order valence-corrected chi connectivity index (χ1v) is 7.96. The molecule has 2 amide bonds. The molecule has 0 saturated heterocycles. The second kappa shape index (κ2) is 6.72. The minimum atomic E-state index is -0.132. The van der Waals surface area contributed by atoms with Gasteiger partial charge >= 0.3 is 0 Å². The molecule has 1 aromatic rings. The molecule has 2 rings (SSSR count). The zero-order valence-corrected chi connectivity index (χ0v) is 13.1. The predicted octanol–water partition coefficient (Wildman–Crippen LogP) is 2.78. The van der Waals surface area contributed by atoms with Crippen molar-refractivity contribution in [2.45, 2.75) is 33.1 Å². The molecule has 5 nitrogen and oxygen atoms in total. The summed E-state index contributed by atoms with van der Waals surface area (Å²) < 4.78 is 0.